The lowest BCUT2D eigenvalue weighted by Crippen LogP contribution is -2.54. The predicted molar refractivity (Wildman–Crippen MR) is 81.0 cm³/mol. The molecule has 0 bridgehead atoms. The molecule has 1 heterocycles. The number of halogens is 1. The molecule has 1 N–H and O–H groups in total. The minimum absolute atomic E-state index is 0.212. The van der Waals surface area contributed by atoms with E-state index >= 15 is 0 Å². The second kappa shape index (κ2) is 7.35. The zero-order valence-corrected chi connectivity index (χ0v) is 12.8. The average molecular weight is 308 g/mol. The largest absolute Gasteiger partial charge is 0.372 e. The van der Waals surface area contributed by atoms with Gasteiger partial charge in [0.05, 0.1) is 0 Å². The van der Waals surface area contributed by atoms with Crippen molar-refractivity contribution in [1.29, 1.82) is 0 Å². The third kappa shape index (κ3) is 3.62. The van der Waals surface area contributed by atoms with Gasteiger partial charge in [-0.2, -0.15) is 0 Å². The van der Waals surface area contributed by atoms with Crippen LogP contribution < -0.4 is 10.2 Å². The van der Waals surface area contributed by atoms with Gasteiger partial charge in [0, 0.05) is 19.3 Å². The molecule has 120 valence electrons. The van der Waals surface area contributed by atoms with Gasteiger partial charge in [-0.25, -0.2) is 4.39 Å². The molecule has 6 heteroatoms. The van der Waals surface area contributed by atoms with Crippen LogP contribution in [0.5, 0.6) is 0 Å². The van der Waals surface area contributed by atoms with E-state index in [0.29, 0.717) is 25.1 Å². The lowest BCUT2D eigenvalue weighted by atomic mass is 10.0. The summed E-state index contributed by atoms with van der Waals surface area (Å²) in [5, 5.41) is 2.74. The first kappa shape index (κ1) is 16.4. The zero-order valence-electron chi connectivity index (χ0n) is 12.8. The number of methoxy groups -OCH3 is 1. The standard InChI is InChI=1S/C16H21FN2O3/c1-3-14(22-2)15(20)18-13-8-5-9-19(16(13)21)12-7-4-6-11(17)10-12/h4,6-7,10,13-14H,3,5,8-9H2,1-2H3,(H,18,20)/t13-,14-/m0/s1. The van der Waals surface area contributed by atoms with E-state index in [1.165, 1.54) is 24.1 Å². The predicted octanol–water partition coefficient (Wildman–Crippen LogP) is 1.86. The summed E-state index contributed by atoms with van der Waals surface area (Å²) in [6, 6.07) is 5.33. The van der Waals surface area contributed by atoms with Crippen LogP contribution in [0.25, 0.3) is 0 Å². The van der Waals surface area contributed by atoms with Crippen molar-refractivity contribution in [2.24, 2.45) is 0 Å². The van der Waals surface area contributed by atoms with Crippen LogP contribution in [-0.4, -0.2) is 37.6 Å². The van der Waals surface area contributed by atoms with E-state index in [2.05, 4.69) is 5.32 Å². The summed E-state index contributed by atoms with van der Waals surface area (Å²) in [7, 11) is 1.47. The molecule has 1 saturated heterocycles. The number of amides is 2. The van der Waals surface area contributed by atoms with Crippen LogP contribution in [0.15, 0.2) is 24.3 Å². The number of piperidine rings is 1. The Morgan fingerprint density at radius 1 is 1.55 bits per heavy atom. The fourth-order valence-corrected chi connectivity index (χ4v) is 2.63. The van der Waals surface area contributed by atoms with Gasteiger partial charge in [-0.15, -0.1) is 0 Å². The van der Waals surface area contributed by atoms with Crippen molar-refractivity contribution in [2.45, 2.75) is 38.3 Å². The number of rotatable bonds is 5. The van der Waals surface area contributed by atoms with Crippen LogP contribution in [0.1, 0.15) is 26.2 Å². The van der Waals surface area contributed by atoms with Crippen molar-refractivity contribution < 1.29 is 18.7 Å². The van der Waals surface area contributed by atoms with Crippen LogP contribution in [0, 0.1) is 5.82 Å². The summed E-state index contributed by atoms with van der Waals surface area (Å²) in [5.41, 5.74) is 0.516. The maximum atomic E-state index is 13.3. The van der Waals surface area contributed by atoms with Gasteiger partial charge in [0.1, 0.15) is 18.0 Å². The van der Waals surface area contributed by atoms with Gasteiger partial charge >= 0.3 is 0 Å². The van der Waals surface area contributed by atoms with Crippen molar-refractivity contribution in [2.75, 3.05) is 18.6 Å². The summed E-state index contributed by atoms with van der Waals surface area (Å²) in [6.45, 7) is 2.37. The van der Waals surface area contributed by atoms with Crippen molar-refractivity contribution in [3.8, 4) is 0 Å². The summed E-state index contributed by atoms with van der Waals surface area (Å²) >= 11 is 0. The lowest BCUT2D eigenvalue weighted by Gasteiger charge is -2.33. The molecule has 1 aliphatic heterocycles. The third-order valence-corrected chi connectivity index (χ3v) is 3.82. The molecule has 1 aliphatic rings. The molecule has 5 nitrogen and oxygen atoms in total. The number of ether oxygens (including phenoxy) is 1. The van der Waals surface area contributed by atoms with E-state index in [1.807, 2.05) is 6.92 Å². The Morgan fingerprint density at radius 2 is 2.32 bits per heavy atom. The normalized spacial score (nSPS) is 19.9. The molecule has 22 heavy (non-hydrogen) atoms. The van der Waals surface area contributed by atoms with Crippen LogP contribution >= 0.6 is 0 Å². The molecule has 0 saturated carbocycles. The number of carbonyl (C=O) groups is 2. The zero-order chi connectivity index (χ0) is 16.1. The molecule has 2 atom stereocenters. The highest BCUT2D eigenvalue weighted by atomic mass is 19.1. The Bertz CT molecular complexity index is 546. The smallest absolute Gasteiger partial charge is 0.249 e. The molecule has 0 unspecified atom stereocenters. The van der Waals surface area contributed by atoms with Crippen molar-refractivity contribution in [3.05, 3.63) is 30.1 Å². The molecule has 0 aromatic heterocycles. The highest BCUT2D eigenvalue weighted by molar-refractivity contribution is 6.00. The summed E-state index contributed by atoms with van der Waals surface area (Å²) in [4.78, 5) is 26.1. The Balaban J connectivity index is 2.08. The summed E-state index contributed by atoms with van der Waals surface area (Å²) in [6.07, 6.45) is 1.31. The molecule has 0 radical (unpaired) electrons. The van der Waals surface area contributed by atoms with Crippen LogP contribution in [0.2, 0.25) is 0 Å². The minimum Gasteiger partial charge on any atom is -0.372 e. The van der Waals surface area contributed by atoms with Gasteiger partial charge in [-0.05, 0) is 37.5 Å². The maximum absolute atomic E-state index is 13.3. The van der Waals surface area contributed by atoms with Crippen LogP contribution in [-0.2, 0) is 14.3 Å². The first-order chi connectivity index (χ1) is 10.6. The second-order valence-corrected chi connectivity index (χ2v) is 5.31. The third-order valence-electron chi connectivity index (χ3n) is 3.82. The molecule has 0 spiro atoms. The summed E-state index contributed by atoms with van der Waals surface area (Å²) in [5.74, 6) is -0.887. The molecular weight excluding hydrogens is 287 g/mol. The molecule has 1 aromatic rings. The highest BCUT2D eigenvalue weighted by Gasteiger charge is 2.32. The van der Waals surface area contributed by atoms with E-state index in [0.717, 1.165) is 6.42 Å². The van der Waals surface area contributed by atoms with Crippen molar-refractivity contribution in [3.63, 3.8) is 0 Å². The van der Waals surface area contributed by atoms with Crippen molar-refractivity contribution >= 4 is 17.5 Å². The Labute approximate surface area is 129 Å². The maximum Gasteiger partial charge on any atom is 0.249 e. The molecule has 2 amide bonds. The Morgan fingerprint density at radius 3 is 2.95 bits per heavy atom. The van der Waals surface area contributed by atoms with E-state index in [1.54, 1.807) is 12.1 Å². The number of benzene rings is 1. The lowest BCUT2D eigenvalue weighted by molar-refractivity contribution is -0.135. The van der Waals surface area contributed by atoms with E-state index < -0.39 is 12.1 Å². The first-order valence-electron chi connectivity index (χ1n) is 7.47. The second-order valence-electron chi connectivity index (χ2n) is 5.31. The quantitative estimate of drug-likeness (QED) is 0.903. The van der Waals surface area contributed by atoms with Gasteiger partial charge in [0.15, 0.2) is 0 Å². The minimum atomic E-state index is -0.589. The molecule has 2 rings (SSSR count). The highest BCUT2D eigenvalue weighted by Crippen LogP contribution is 2.22. The Kier molecular flexibility index (Phi) is 5.49. The average Bonchev–Trinajstić information content (AvgIpc) is 2.50. The fourth-order valence-electron chi connectivity index (χ4n) is 2.63. The topological polar surface area (TPSA) is 58.6 Å². The van der Waals surface area contributed by atoms with Crippen LogP contribution in [0.4, 0.5) is 10.1 Å². The number of hydrogen-bond donors (Lipinski definition) is 1. The first-order valence-corrected chi connectivity index (χ1v) is 7.47. The van der Waals surface area contributed by atoms with Crippen LogP contribution in [0.3, 0.4) is 0 Å². The fraction of sp³-hybridized carbons (Fsp3) is 0.500. The van der Waals surface area contributed by atoms with Gasteiger partial charge in [-0.3, -0.25) is 9.59 Å². The summed E-state index contributed by atoms with van der Waals surface area (Å²) < 4.78 is 18.4. The van der Waals surface area contributed by atoms with E-state index in [4.69, 9.17) is 4.74 Å². The Hall–Kier alpha value is -1.95. The van der Waals surface area contributed by atoms with E-state index in [9.17, 15) is 14.0 Å². The van der Waals surface area contributed by atoms with Gasteiger partial charge in [-0.1, -0.05) is 13.0 Å². The monoisotopic (exact) mass is 308 g/mol. The number of nitrogens with zero attached hydrogens (tertiary/aromatic N) is 1. The SMILES string of the molecule is CC[C@H](OC)C(=O)N[C@H]1CCCN(c2cccc(F)c2)C1=O. The molecular formula is C16H21FN2O3. The molecule has 1 fully saturated rings. The van der Waals surface area contributed by atoms with Crippen molar-refractivity contribution in [1.82, 2.24) is 5.32 Å². The number of carbonyl (C=O) groups excluding carboxylic acids is 2. The number of anilines is 1. The van der Waals surface area contributed by atoms with Gasteiger partial charge < -0.3 is 15.0 Å². The van der Waals surface area contributed by atoms with E-state index in [-0.39, 0.29) is 17.6 Å². The van der Waals surface area contributed by atoms with Gasteiger partial charge in [0.25, 0.3) is 0 Å². The number of nitrogens with one attached hydrogen (secondary N) is 1. The van der Waals surface area contributed by atoms with Gasteiger partial charge in [0.2, 0.25) is 11.8 Å². The molecule has 1 aromatic carbocycles. The number of hydrogen-bond acceptors (Lipinski definition) is 3. The molecule has 0 aliphatic carbocycles.